The largest absolute Gasteiger partial charge is 0.381 e. The lowest BCUT2D eigenvalue weighted by Crippen LogP contribution is -2.57. The maximum atomic E-state index is 12.8. The number of hydrogen-bond donors (Lipinski definition) is 2. The topological polar surface area (TPSA) is 71.4 Å². The van der Waals surface area contributed by atoms with Crippen molar-refractivity contribution in [2.75, 3.05) is 33.8 Å². The fourth-order valence-corrected chi connectivity index (χ4v) is 4.60. The average Bonchev–Trinajstić information content (AvgIpc) is 3.31. The number of nitrogens with one attached hydrogen (secondary N) is 2. The maximum Gasteiger partial charge on any atom is 0.241 e. The molecule has 0 radical (unpaired) electrons. The number of ether oxygens (including phenoxy) is 1. The lowest BCUT2D eigenvalue weighted by atomic mass is 9.91. The zero-order chi connectivity index (χ0) is 18.6. The number of hydrogen-bond acceptors (Lipinski definition) is 5. The van der Waals surface area contributed by atoms with Crippen molar-refractivity contribution in [1.29, 1.82) is 0 Å². The molecule has 0 aromatic carbocycles. The van der Waals surface area contributed by atoms with E-state index in [0.717, 1.165) is 38.0 Å². The second-order valence-corrected chi connectivity index (χ2v) is 7.74. The lowest BCUT2D eigenvalue weighted by Gasteiger charge is -2.45. The molecule has 0 spiro atoms. The summed E-state index contributed by atoms with van der Waals surface area (Å²) in [7, 11) is 5.49. The Balaban J connectivity index is 1.62. The molecule has 1 aromatic heterocycles. The van der Waals surface area contributed by atoms with Crippen molar-refractivity contribution >= 4 is 5.91 Å². The van der Waals surface area contributed by atoms with E-state index in [1.54, 1.807) is 10.9 Å². The van der Waals surface area contributed by atoms with Gasteiger partial charge in [0.2, 0.25) is 5.91 Å². The van der Waals surface area contributed by atoms with Gasteiger partial charge in [-0.15, -0.1) is 0 Å². The molecule has 1 aliphatic carbocycles. The van der Waals surface area contributed by atoms with E-state index in [-0.39, 0.29) is 17.5 Å². The van der Waals surface area contributed by atoms with Crippen molar-refractivity contribution in [3.05, 3.63) is 18.0 Å². The predicted octanol–water partition coefficient (Wildman–Crippen LogP) is 1.22. The standard InChI is InChI=1S/C19H33N5O2/c1-20-17(15-12-22-23(2)13-15)18(25)21-14-19(8-4-5-9-19)24-10-6-16(26-3)7-11-24/h12-13,16-17,20H,4-11,14H2,1-3H3,(H,21,25). The summed E-state index contributed by atoms with van der Waals surface area (Å²) >= 11 is 0. The third kappa shape index (κ3) is 4.10. The van der Waals surface area contributed by atoms with Crippen LogP contribution in [0.4, 0.5) is 0 Å². The van der Waals surface area contributed by atoms with E-state index in [4.69, 9.17) is 4.74 Å². The van der Waals surface area contributed by atoms with Crippen LogP contribution in [0.2, 0.25) is 0 Å². The molecule has 1 atom stereocenters. The first-order chi connectivity index (χ1) is 12.6. The van der Waals surface area contributed by atoms with Gasteiger partial charge in [0.1, 0.15) is 6.04 Å². The Morgan fingerprint density at radius 3 is 2.62 bits per heavy atom. The first-order valence-electron chi connectivity index (χ1n) is 9.79. The number of amides is 1. The number of rotatable bonds is 7. The molecule has 7 nitrogen and oxygen atoms in total. The van der Waals surface area contributed by atoms with Crippen molar-refractivity contribution in [2.24, 2.45) is 7.05 Å². The minimum absolute atomic E-state index is 0.0264. The average molecular weight is 364 g/mol. The summed E-state index contributed by atoms with van der Waals surface area (Å²) in [6.07, 6.45) is 11.0. The molecule has 1 amide bonds. The summed E-state index contributed by atoms with van der Waals surface area (Å²) < 4.78 is 7.25. The first-order valence-corrected chi connectivity index (χ1v) is 9.79. The molecule has 1 aliphatic heterocycles. The summed E-state index contributed by atoms with van der Waals surface area (Å²) in [5, 5.41) is 10.5. The SMILES string of the molecule is CNC(C(=O)NCC1(N2CCC(OC)CC2)CCCC1)c1cnn(C)c1. The van der Waals surface area contributed by atoms with Crippen LogP contribution in [0.1, 0.15) is 50.1 Å². The molecule has 1 saturated carbocycles. The summed E-state index contributed by atoms with van der Waals surface area (Å²) in [6.45, 7) is 2.85. The van der Waals surface area contributed by atoms with Gasteiger partial charge in [-0.3, -0.25) is 14.4 Å². The maximum absolute atomic E-state index is 12.8. The Morgan fingerprint density at radius 2 is 2.08 bits per heavy atom. The van der Waals surface area contributed by atoms with Gasteiger partial charge in [0.05, 0.1) is 12.3 Å². The number of likely N-dealkylation sites (N-methyl/N-ethyl adjacent to an activating group) is 1. The number of piperidine rings is 1. The van der Waals surface area contributed by atoms with Crippen molar-refractivity contribution in [3.63, 3.8) is 0 Å². The van der Waals surface area contributed by atoms with Crippen LogP contribution in [0.15, 0.2) is 12.4 Å². The third-order valence-electron chi connectivity index (χ3n) is 6.18. The summed E-state index contributed by atoms with van der Waals surface area (Å²) in [5.74, 6) is 0.0264. The van der Waals surface area contributed by atoms with Crippen molar-refractivity contribution in [2.45, 2.75) is 56.2 Å². The summed E-state index contributed by atoms with van der Waals surface area (Å²) in [5.41, 5.74) is 1.01. The Hall–Kier alpha value is -1.44. The molecule has 2 aliphatic rings. The smallest absolute Gasteiger partial charge is 0.241 e. The van der Waals surface area contributed by atoms with E-state index >= 15 is 0 Å². The van der Waals surface area contributed by atoms with Crippen LogP contribution in [-0.4, -0.2) is 66.0 Å². The van der Waals surface area contributed by atoms with E-state index in [1.807, 2.05) is 27.4 Å². The minimum atomic E-state index is -0.360. The van der Waals surface area contributed by atoms with Crippen LogP contribution < -0.4 is 10.6 Å². The number of aryl methyl sites for hydroxylation is 1. The number of methoxy groups -OCH3 is 1. The van der Waals surface area contributed by atoms with Gasteiger partial charge in [0, 0.05) is 51.1 Å². The summed E-state index contributed by atoms with van der Waals surface area (Å²) in [6, 6.07) is -0.360. The molecule has 1 saturated heterocycles. The molecule has 146 valence electrons. The normalized spacial score (nSPS) is 22.4. The van der Waals surface area contributed by atoms with E-state index in [2.05, 4.69) is 20.6 Å². The zero-order valence-corrected chi connectivity index (χ0v) is 16.3. The molecule has 2 N–H and O–H groups in total. The Bertz CT molecular complexity index is 589. The highest BCUT2D eigenvalue weighted by Gasteiger charge is 2.41. The number of nitrogens with zero attached hydrogens (tertiary/aromatic N) is 3. The summed E-state index contributed by atoms with van der Waals surface area (Å²) in [4.78, 5) is 15.4. The number of aromatic nitrogens is 2. The molecule has 0 bridgehead atoms. The minimum Gasteiger partial charge on any atom is -0.381 e. The molecule has 1 unspecified atom stereocenters. The quantitative estimate of drug-likeness (QED) is 0.762. The van der Waals surface area contributed by atoms with Gasteiger partial charge < -0.3 is 15.4 Å². The van der Waals surface area contributed by atoms with Gasteiger partial charge in [-0.25, -0.2) is 0 Å². The van der Waals surface area contributed by atoms with Gasteiger partial charge in [-0.2, -0.15) is 5.10 Å². The van der Waals surface area contributed by atoms with E-state index < -0.39 is 0 Å². The van der Waals surface area contributed by atoms with Crippen LogP contribution in [0.25, 0.3) is 0 Å². The second-order valence-electron chi connectivity index (χ2n) is 7.74. The monoisotopic (exact) mass is 363 g/mol. The van der Waals surface area contributed by atoms with Crippen LogP contribution in [-0.2, 0) is 16.6 Å². The molecule has 1 aromatic rings. The van der Waals surface area contributed by atoms with Crippen LogP contribution in [0, 0.1) is 0 Å². The van der Waals surface area contributed by atoms with E-state index in [0.29, 0.717) is 6.10 Å². The zero-order valence-electron chi connectivity index (χ0n) is 16.3. The lowest BCUT2D eigenvalue weighted by molar-refractivity contribution is -0.124. The third-order valence-corrected chi connectivity index (χ3v) is 6.18. The van der Waals surface area contributed by atoms with Crippen LogP contribution >= 0.6 is 0 Å². The highest BCUT2D eigenvalue weighted by Crippen LogP contribution is 2.37. The van der Waals surface area contributed by atoms with Gasteiger partial charge in [-0.05, 0) is 32.7 Å². The van der Waals surface area contributed by atoms with E-state index in [9.17, 15) is 4.79 Å². The van der Waals surface area contributed by atoms with Gasteiger partial charge in [0.25, 0.3) is 0 Å². The van der Waals surface area contributed by atoms with Gasteiger partial charge >= 0.3 is 0 Å². The highest BCUT2D eigenvalue weighted by atomic mass is 16.5. The first kappa shape index (κ1) is 19.3. The molecule has 2 heterocycles. The van der Waals surface area contributed by atoms with Crippen molar-refractivity contribution in [3.8, 4) is 0 Å². The Labute approximate surface area is 156 Å². The Morgan fingerprint density at radius 1 is 1.38 bits per heavy atom. The predicted molar refractivity (Wildman–Crippen MR) is 101 cm³/mol. The molecule has 2 fully saturated rings. The highest BCUT2D eigenvalue weighted by molar-refractivity contribution is 5.83. The van der Waals surface area contributed by atoms with Gasteiger partial charge in [0.15, 0.2) is 0 Å². The van der Waals surface area contributed by atoms with Crippen molar-refractivity contribution < 1.29 is 9.53 Å². The fraction of sp³-hybridized carbons (Fsp3) is 0.789. The molecular formula is C19H33N5O2. The molecular weight excluding hydrogens is 330 g/mol. The number of likely N-dealkylation sites (tertiary alicyclic amines) is 1. The fourth-order valence-electron chi connectivity index (χ4n) is 4.60. The van der Waals surface area contributed by atoms with Crippen LogP contribution in [0.5, 0.6) is 0 Å². The van der Waals surface area contributed by atoms with Crippen LogP contribution in [0.3, 0.4) is 0 Å². The molecule has 26 heavy (non-hydrogen) atoms. The molecule has 7 heteroatoms. The molecule has 3 rings (SSSR count). The van der Waals surface area contributed by atoms with Crippen molar-refractivity contribution in [1.82, 2.24) is 25.3 Å². The second kappa shape index (κ2) is 8.50. The van der Waals surface area contributed by atoms with E-state index in [1.165, 1.54) is 25.7 Å². The Kier molecular flexibility index (Phi) is 6.32. The number of carbonyl (C=O) groups excluding carboxylic acids is 1. The number of carbonyl (C=O) groups is 1. The van der Waals surface area contributed by atoms with Gasteiger partial charge in [-0.1, -0.05) is 12.8 Å².